The highest BCUT2D eigenvalue weighted by Gasteiger charge is 2.51. The van der Waals surface area contributed by atoms with Crippen LogP contribution < -0.4 is 5.73 Å². The van der Waals surface area contributed by atoms with E-state index in [1.807, 2.05) is 6.92 Å². The van der Waals surface area contributed by atoms with E-state index < -0.39 is 0 Å². The Balaban J connectivity index is 0.000000595. The van der Waals surface area contributed by atoms with E-state index in [0.29, 0.717) is 17.8 Å². The van der Waals surface area contributed by atoms with Crippen molar-refractivity contribution in [3.63, 3.8) is 0 Å². The normalized spacial score (nSPS) is 46.8. The van der Waals surface area contributed by atoms with Gasteiger partial charge in [0.2, 0.25) is 0 Å². The van der Waals surface area contributed by atoms with Gasteiger partial charge in [-0.2, -0.15) is 0 Å². The predicted octanol–water partition coefficient (Wildman–Crippen LogP) is 3.64. The Hall–Kier alpha value is -0.380. The Bertz CT molecular complexity index is 424. The summed E-state index contributed by atoms with van der Waals surface area (Å²) in [5, 5.41) is 20.3. The summed E-state index contributed by atoms with van der Waals surface area (Å²) in [7, 11) is 0. The van der Waals surface area contributed by atoms with Crippen LogP contribution in [0.1, 0.15) is 72.1 Å². The Morgan fingerprint density at radius 2 is 1.74 bits per heavy atom. The van der Waals surface area contributed by atoms with Gasteiger partial charge in [0.05, 0.1) is 12.2 Å². The molecule has 3 saturated carbocycles. The van der Waals surface area contributed by atoms with Crippen molar-refractivity contribution in [1.29, 1.82) is 0 Å². The summed E-state index contributed by atoms with van der Waals surface area (Å²) < 4.78 is 0. The molecule has 3 heteroatoms. The molecule has 0 amide bonds. The van der Waals surface area contributed by atoms with Gasteiger partial charge in [0.1, 0.15) is 0 Å². The lowest BCUT2D eigenvalue weighted by molar-refractivity contribution is -0.0968. The van der Waals surface area contributed by atoms with Crippen molar-refractivity contribution in [2.45, 2.75) is 84.3 Å². The first-order valence-electron chi connectivity index (χ1n) is 9.52. The van der Waals surface area contributed by atoms with Crippen molar-refractivity contribution in [2.75, 3.05) is 6.54 Å². The largest absolute Gasteiger partial charge is 0.393 e. The van der Waals surface area contributed by atoms with E-state index in [4.69, 9.17) is 5.73 Å². The van der Waals surface area contributed by atoms with E-state index in [2.05, 4.69) is 20.4 Å². The molecule has 0 aliphatic heterocycles. The molecule has 0 bridgehead atoms. The second kappa shape index (κ2) is 7.25. The summed E-state index contributed by atoms with van der Waals surface area (Å²) in [6, 6.07) is 0. The van der Waals surface area contributed by atoms with E-state index in [-0.39, 0.29) is 17.6 Å². The molecule has 23 heavy (non-hydrogen) atoms. The van der Waals surface area contributed by atoms with Crippen LogP contribution in [-0.4, -0.2) is 29.0 Å². The van der Waals surface area contributed by atoms with Gasteiger partial charge in [-0.1, -0.05) is 32.9 Å². The third-order valence-corrected chi connectivity index (χ3v) is 7.29. The second-order valence-corrected chi connectivity index (χ2v) is 8.59. The number of aliphatic hydroxyl groups is 2. The highest BCUT2D eigenvalue weighted by Crippen LogP contribution is 2.60. The number of nitrogens with two attached hydrogens (primary N) is 1. The maximum atomic E-state index is 10.5. The van der Waals surface area contributed by atoms with Crippen molar-refractivity contribution in [3.8, 4) is 0 Å². The van der Waals surface area contributed by atoms with Crippen LogP contribution in [0.3, 0.4) is 0 Å². The van der Waals surface area contributed by atoms with E-state index in [1.54, 1.807) is 0 Å². The van der Waals surface area contributed by atoms with Gasteiger partial charge in [0.25, 0.3) is 0 Å². The average molecular weight is 324 g/mol. The van der Waals surface area contributed by atoms with Crippen LogP contribution in [0.15, 0.2) is 12.2 Å². The summed E-state index contributed by atoms with van der Waals surface area (Å²) in [5.41, 5.74) is 6.70. The smallest absolute Gasteiger partial charge is 0.0621 e. The van der Waals surface area contributed by atoms with Crippen LogP contribution in [0.4, 0.5) is 0 Å². The summed E-state index contributed by atoms with van der Waals surface area (Å²) >= 11 is 0. The fourth-order valence-electron chi connectivity index (χ4n) is 5.30. The summed E-state index contributed by atoms with van der Waals surface area (Å²) in [5.74, 6) is 1.39. The minimum atomic E-state index is -0.329. The number of allylic oxidation sites excluding steroid dienone is 1. The lowest BCUT2D eigenvalue weighted by Crippen LogP contribution is -2.48. The Kier molecular flexibility index (Phi) is 5.97. The second-order valence-electron chi connectivity index (χ2n) is 8.59. The molecule has 0 spiro atoms. The molecule has 3 aliphatic carbocycles. The minimum absolute atomic E-state index is 0.0183. The lowest BCUT2D eigenvalue weighted by Gasteiger charge is -2.51. The van der Waals surface area contributed by atoms with Crippen LogP contribution in [-0.2, 0) is 0 Å². The Labute approximate surface area is 142 Å². The van der Waals surface area contributed by atoms with Gasteiger partial charge < -0.3 is 15.9 Å². The van der Waals surface area contributed by atoms with Crippen molar-refractivity contribution < 1.29 is 10.2 Å². The lowest BCUT2D eigenvalue weighted by atomic mass is 9.55. The zero-order valence-electron chi connectivity index (χ0n) is 15.4. The average Bonchev–Trinajstić information content (AvgIpc) is 2.79. The fourth-order valence-corrected chi connectivity index (χ4v) is 5.30. The molecule has 0 aromatic heterocycles. The molecule has 3 aliphatic rings. The first-order valence-corrected chi connectivity index (χ1v) is 9.52. The first-order chi connectivity index (χ1) is 10.8. The Morgan fingerprint density at radius 1 is 1.09 bits per heavy atom. The van der Waals surface area contributed by atoms with Crippen molar-refractivity contribution in [3.05, 3.63) is 12.2 Å². The number of rotatable bonds is 1. The molecule has 0 saturated heterocycles. The SMILES string of the molecule is C=C1CCC2CC(C3(C)CCC(O)CC3O)CCC12C.CCN. The molecular formula is C20H37NO2. The van der Waals surface area contributed by atoms with Gasteiger partial charge in [-0.05, 0) is 80.6 Å². The van der Waals surface area contributed by atoms with Gasteiger partial charge in [-0.3, -0.25) is 0 Å². The molecule has 0 aromatic rings. The van der Waals surface area contributed by atoms with Crippen molar-refractivity contribution in [1.82, 2.24) is 0 Å². The molecule has 134 valence electrons. The zero-order valence-corrected chi connectivity index (χ0v) is 15.4. The van der Waals surface area contributed by atoms with E-state index in [0.717, 1.165) is 25.3 Å². The zero-order chi connectivity index (χ0) is 17.3. The van der Waals surface area contributed by atoms with E-state index in [1.165, 1.54) is 37.7 Å². The van der Waals surface area contributed by atoms with Gasteiger partial charge in [-0.25, -0.2) is 0 Å². The van der Waals surface area contributed by atoms with Crippen LogP contribution in [0, 0.1) is 22.7 Å². The van der Waals surface area contributed by atoms with Gasteiger partial charge in [0, 0.05) is 0 Å². The van der Waals surface area contributed by atoms with Crippen LogP contribution >= 0.6 is 0 Å². The fraction of sp³-hybridized carbons (Fsp3) is 0.900. The van der Waals surface area contributed by atoms with Crippen LogP contribution in [0.5, 0.6) is 0 Å². The van der Waals surface area contributed by atoms with Crippen molar-refractivity contribution >= 4 is 0 Å². The maximum Gasteiger partial charge on any atom is 0.0621 e. The van der Waals surface area contributed by atoms with E-state index >= 15 is 0 Å². The summed E-state index contributed by atoms with van der Waals surface area (Å²) in [6.07, 6.45) is 7.99. The topological polar surface area (TPSA) is 66.5 Å². The molecule has 3 rings (SSSR count). The van der Waals surface area contributed by atoms with E-state index in [9.17, 15) is 10.2 Å². The minimum Gasteiger partial charge on any atom is -0.393 e. The van der Waals surface area contributed by atoms with Crippen LogP contribution in [0.2, 0.25) is 0 Å². The molecule has 3 fully saturated rings. The van der Waals surface area contributed by atoms with Gasteiger partial charge in [-0.15, -0.1) is 0 Å². The third-order valence-electron chi connectivity index (χ3n) is 7.29. The standard InChI is InChI=1S/C18H30O2.C2H7N/c1-12-4-5-13-10-14(6-8-17(12,13)2)18(3)9-7-15(19)11-16(18)20;1-2-3/h13-16,19-20H,1,4-11H2,2-3H3;2-3H2,1H3. The van der Waals surface area contributed by atoms with Gasteiger partial charge in [0.15, 0.2) is 0 Å². The maximum absolute atomic E-state index is 10.5. The summed E-state index contributed by atoms with van der Waals surface area (Å²) in [4.78, 5) is 0. The van der Waals surface area contributed by atoms with Crippen LogP contribution in [0.25, 0.3) is 0 Å². The van der Waals surface area contributed by atoms with Gasteiger partial charge >= 0.3 is 0 Å². The predicted molar refractivity (Wildman–Crippen MR) is 96.0 cm³/mol. The molecule has 3 nitrogen and oxygen atoms in total. The number of hydrogen-bond acceptors (Lipinski definition) is 3. The molecule has 0 radical (unpaired) electrons. The molecule has 0 aromatic carbocycles. The summed E-state index contributed by atoms with van der Waals surface area (Å²) in [6.45, 7) is 11.6. The first kappa shape index (κ1) is 19.0. The molecule has 6 unspecified atom stereocenters. The third kappa shape index (κ3) is 3.52. The highest BCUT2D eigenvalue weighted by molar-refractivity contribution is 5.19. The highest BCUT2D eigenvalue weighted by atomic mass is 16.3. The number of fused-ring (bicyclic) bond motifs is 1. The monoisotopic (exact) mass is 323 g/mol. The molecular weight excluding hydrogens is 286 g/mol. The molecule has 0 heterocycles. The molecule has 4 N–H and O–H groups in total. The number of aliphatic hydroxyl groups excluding tert-OH is 2. The Morgan fingerprint density at radius 3 is 2.35 bits per heavy atom. The number of hydrogen-bond donors (Lipinski definition) is 3. The molecule has 6 atom stereocenters. The quantitative estimate of drug-likeness (QED) is 0.645. The van der Waals surface area contributed by atoms with Crippen molar-refractivity contribution in [2.24, 2.45) is 28.4 Å².